The number of carboxylic acids is 1. The first-order valence-electron chi connectivity index (χ1n) is 5.10. The maximum absolute atomic E-state index is 11.8. The minimum Gasteiger partial charge on any atom is -0.480 e. The number of sulfonamides is 1. The normalized spacial score (nSPS) is 12.9. The molecule has 0 saturated heterocycles. The number of methoxy groups -OCH3 is 1. The molecule has 0 aromatic carbocycles. The molecule has 19 heavy (non-hydrogen) atoms. The topological polar surface area (TPSA) is 128 Å². The number of carbonyl (C=O) groups excluding carboxylic acids is 1. The zero-order valence-electron chi connectivity index (χ0n) is 10.2. The number of hydrogen-bond acceptors (Lipinski definition) is 6. The van der Waals surface area contributed by atoms with Crippen LogP contribution in [0.3, 0.4) is 0 Å². The van der Waals surface area contributed by atoms with Crippen molar-refractivity contribution in [3.8, 4) is 0 Å². The highest BCUT2D eigenvalue weighted by molar-refractivity contribution is 7.89. The van der Waals surface area contributed by atoms with E-state index in [-0.39, 0.29) is 11.4 Å². The monoisotopic (exact) mass is 291 g/mol. The molecule has 1 rings (SSSR count). The smallest absolute Gasteiger partial charge is 0.327 e. The Morgan fingerprint density at radius 3 is 2.74 bits per heavy atom. The molecule has 10 heteroatoms. The maximum Gasteiger partial charge on any atom is 0.327 e. The third-order valence-corrected chi connectivity index (χ3v) is 3.64. The lowest BCUT2D eigenvalue weighted by atomic mass is 10.4. The lowest BCUT2D eigenvalue weighted by molar-refractivity contribution is -0.141. The van der Waals surface area contributed by atoms with Crippen molar-refractivity contribution in [1.29, 1.82) is 0 Å². The van der Waals surface area contributed by atoms with Gasteiger partial charge in [-0.25, -0.2) is 8.42 Å². The fraction of sp³-hybridized carbons (Fsp3) is 0.444. The molecule has 0 aliphatic rings. The molecule has 0 aliphatic heterocycles. The summed E-state index contributed by atoms with van der Waals surface area (Å²) in [4.78, 5) is 21.3. The second kappa shape index (κ2) is 5.80. The van der Waals surface area contributed by atoms with Gasteiger partial charge in [0.25, 0.3) is 0 Å². The molecule has 0 aliphatic carbocycles. The van der Waals surface area contributed by atoms with E-state index in [1.807, 2.05) is 4.72 Å². The summed E-state index contributed by atoms with van der Waals surface area (Å²) in [5.41, 5.74) is 0. The fourth-order valence-electron chi connectivity index (χ4n) is 1.12. The number of nitrogens with one attached hydrogen (secondary N) is 1. The van der Waals surface area contributed by atoms with Gasteiger partial charge in [-0.1, -0.05) is 0 Å². The van der Waals surface area contributed by atoms with Gasteiger partial charge in [0.1, 0.15) is 17.5 Å². The highest BCUT2D eigenvalue weighted by Gasteiger charge is 2.23. The van der Waals surface area contributed by atoms with Gasteiger partial charge in [0.05, 0.1) is 13.3 Å². The lowest BCUT2D eigenvalue weighted by Gasteiger charge is -2.08. The Morgan fingerprint density at radius 1 is 1.58 bits per heavy atom. The highest BCUT2D eigenvalue weighted by atomic mass is 32.2. The summed E-state index contributed by atoms with van der Waals surface area (Å²) in [6.07, 6.45) is 2.12. The average Bonchev–Trinajstić information content (AvgIpc) is 2.77. The van der Waals surface area contributed by atoms with E-state index >= 15 is 0 Å². The number of esters is 1. The number of nitrogens with zero attached hydrogens (tertiary/aromatic N) is 2. The Labute approximate surface area is 109 Å². The van der Waals surface area contributed by atoms with Crippen molar-refractivity contribution in [1.82, 2.24) is 14.5 Å². The van der Waals surface area contributed by atoms with Crippen LogP contribution in [0.4, 0.5) is 0 Å². The molecule has 0 bridgehead atoms. The molecule has 9 nitrogen and oxygen atoms in total. The number of aromatic nitrogens is 2. The molecule has 1 heterocycles. The van der Waals surface area contributed by atoms with Crippen LogP contribution in [0.1, 0.15) is 6.92 Å². The Bertz CT molecular complexity index is 579. The van der Waals surface area contributed by atoms with Gasteiger partial charge < -0.3 is 9.84 Å². The van der Waals surface area contributed by atoms with Crippen LogP contribution in [0.2, 0.25) is 0 Å². The molecule has 0 spiro atoms. The molecule has 1 atom stereocenters. The van der Waals surface area contributed by atoms with Crippen LogP contribution >= 0.6 is 0 Å². The SMILES string of the molecule is COC(=O)Cn1cc(S(=O)(=O)N[C@H](C)C(=O)O)cn1. The average molecular weight is 291 g/mol. The van der Waals surface area contributed by atoms with E-state index in [4.69, 9.17) is 5.11 Å². The summed E-state index contributed by atoms with van der Waals surface area (Å²) >= 11 is 0. The Balaban J connectivity index is 2.85. The van der Waals surface area contributed by atoms with E-state index in [0.29, 0.717) is 0 Å². The van der Waals surface area contributed by atoms with E-state index in [1.54, 1.807) is 0 Å². The molecule has 0 radical (unpaired) electrons. The van der Waals surface area contributed by atoms with Gasteiger partial charge in [-0.3, -0.25) is 14.3 Å². The van der Waals surface area contributed by atoms with Gasteiger partial charge in [0.15, 0.2) is 0 Å². The molecular formula is C9H13N3O6S. The van der Waals surface area contributed by atoms with Gasteiger partial charge >= 0.3 is 11.9 Å². The Hall–Kier alpha value is -1.94. The van der Waals surface area contributed by atoms with Crippen LogP contribution in [0.15, 0.2) is 17.3 Å². The van der Waals surface area contributed by atoms with E-state index in [9.17, 15) is 18.0 Å². The van der Waals surface area contributed by atoms with Crippen LogP contribution < -0.4 is 4.72 Å². The third-order valence-electron chi connectivity index (χ3n) is 2.14. The fourth-order valence-corrected chi connectivity index (χ4v) is 2.27. The molecule has 0 amide bonds. The van der Waals surface area contributed by atoms with Crippen molar-refractivity contribution in [2.75, 3.05) is 7.11 Å². The van der Waals surface area contributed by atoms with Gasteiger partial charge in [0, 0.05) is 6.20 Å². The lowest BCUT2D eigenvalue weighted by Crippen LogP contribution is -2.38. The molecule has 2 N–H and O–H groups in total. The molecule has 0 saturated carbocycles. The third kappa shape index (κ3) is 4.03. The second-order valence-electron chi connectivity index (χ2n) is 3.63. The summed E-state index contributed by atoms with van der Waals surface area (Å²) in [6.45, 7) is 0.958. The van der Waals surface area contributed by atoms with E-state index in [2.05, 4.69) is 9.84 Å². The number of aliphatic carboxylic acids is 1. The molecular weight excluding hydrogens is 278 g/mol. The van der Waals surface area contributed by atoms with Crippen molar-refractivity contribution in [3.05, 3.63) is 12.4 Å². The molecule has 106 valence electrons. The van der Waals surface area contributed by atoms with Crippen LogP contribution in [0.5, 0.6) is 0 Å². The van der Waals surface area contributed by atoms with Crippen molar-refractivity contribution < 1.29 is 27.9 Å². The highest BCUT2D eigenvalue weighted by Crippen LogP contribution is 2.08. The maximum atomic E-state index is 11.8. The van der Waals surface area contributed by atoms with Crippen LogP contribution in [0, 0.1) is 0 Å². The van der Waals surface area contributed by atoms with Gasteiger partial charge in [-0.15, -0.1) is 0 Å². The minimum absolute atomic E-state index is 0.232. The summed E-state index contributed by atoms with van der Waals surface area (Å²) in [5, 5.41) is 12.3. The van der Waals surface area contributed by atoms with Crippen molar-refractivity contribution in [3.63, 3.8) is 0 Å². The summed E-state index contributed by atoms with van der Waals surface area (Å²) in [5.74, 6) is -1.88. The summed E-state index contributed by atoms with van der Waals surface area (Å²) in [6, 6.07) is -1.27. The Morgan fingerprint density at radius 2 is 2.21 bits per heavy atom. The van der Waals surface area contributed by atoms with E-state index < -0.39 is 28.0 Å². The molecule has 0 fully saturated rings. The number of rotatable bonds is 6. The zero-order chi connectivity index (χ0) is 14.6. The van der Waals surface area contributed by atoms with Crippen molar-refractivity contribution in [2.45, 2.75) is 24.4 Å². The van der Waals surface area contributed by atoms with Crippen molar-refractivity contribution >= 4 is 22.0 Å². The van der Waals surface area contributed by atoms with E-state index in [1.165, 1.54) is 14.0 Å². The number of carbonyl (C=O) groups is 2. The molecule has 0 unspecified atom stereocenters. The van der Waals surface area contributed by atoms with Gasteiger partial charge in [-0.2, -0.15) is 9.82 Å². The first-order valence-corrected chi connectivity index (χ1v) is 6.59. The van der Waals surface area contributed by atoms with Crippen LogP contribution in [-0.4, -0.2) is 48.4 Å². The van der Waals surface area contributed by atoms with Crippen molar-refractivity contribution in [2.24, 2.45) is 0 Å². The summed E-state index contributed by atoms with van der Waals surface area (Å²) in [7, 11) is -2.80. The molecule has 1 aromatic rings. The number of ether oxygens (including phenoxy) is 1. The second-order valence-corrected chi connectivity index (χ2v) is 5.34. The predicted molar refractivity (Wildman–Crippen MR) is 61.7 cm³/mol. The quantitative estimate of drug-likeness (QED) is 0.630. The van der Waals surface area contributed by atoms with Gasteiger partial charge in [-0.05, 0) is 6.92 Å². The first kappa shape index (κ1) is 15.1. The zero-order valence-corrected chi connectivity index (χ0v) is 11.0. The standard InChI is InChI=1S/C9H13N3O6S/c1-6(9(14)15)11-19(16,17)7-3-10-12(4-7)5-8(13)18-2/h3-4,6,11H,5H2,1-2H3,(H,14,15)/t6-/m1/s1. The van der Waals surface area contributed by atoms with Gasteiger partial charge in [0.2, 0.25) is 10.0 Å². The number of carboxylic acid groups (broad SMARTS) is 1. The first-order chi connectivity index (χ1) is 8.76. The largest absolute Gasteiger partial charge is 0.480 e. The Kier molecular flexibility index (Phi) is 4.62. The minimum atomic E-state index is -3.99. The number of hydrogen-bond donors (Lipinski definition) is 2. The predicted octanol–water partition coefficient (Wildman–Crippen LogP) is -1.19. The summed E-state index contributed by atoms with van der Waals surface area (Å²) < 4.78 is 31.0. The molecule has 1 aromatic heterocycles. The van der Waals surface area contributed by atoms with Crippen LogP contribution in [-0.2, 0) is 30.9 Å². The van der Waals surface area contributed by atoms with E-state index in [0.717, 1.165) is 17.1 Å². The van der Waals surface area contributed by atoms with Crippen LogP contribution in [0.25, 0.3) is 0 Å².